The summed E-state index contributed by atoms with van der Waals surface area (Å²) in [4.78, 5) is 50.3. The normalized spacial score (nSPS) is 24.3. The molecule has 238 valence electrons. The van der Waals surface area contributed by atoms with Gasteiger partial charge in [-0.15, -0.1) is 0 Å². The molecule has 0 spiro atoms. The van der Waals surface area contributed by atoms with E-state index in [0.717, 1.165) is 0 Å². The van der Waals surface area contributed by atoms with Gasteiger partial charge in [0.25, 0.3) is 0 Å². The molecule has 11 nitrogen and oxygen atoms in total. The van der Waals surface area contributed by atoms with Gasteiger partial charge in [-0.3, -0.25) is 14.4 Å². The van der Waals surface area contributed by atoms with Gasteiger partial charge in [0, 0.05) is 37.9 Å². The van der Waals surface area contributed by atoms with Crippen molar-refractivity contribution in [2.24, 2.45) is 29.6 Å². The van der Waals surface area contributed by atoms with Crippen molar-refractivity contribution in [1.29, 1.82) is 0 Å². The van der Waals surface area contributed by atoms with Crippen LogP contribution in [0.1, 0.15) is 74.7 Å². The standard InChI is InChI=1S/C31H48O11/c1-17(2)12-23(32)38-15-22-21-10-11-31(36,16-39-28(35)27(20(7)8)40-24(33)13-18(3)4)26(21)30(42-29(22)37-9)41-25(34)14-19(5)6/h10-11,17-20,26-27,29-30,36H,12-16H2,1-9H3/t26-,27+,29-,30-,31+/m1/s1. The Morgan fingerprint density at radius 2 is 1.45 bits per heavy atom. The van der Waals surface area contributed by atoms with E-state index in [1.54, 1.807) is 19.9 Å². The Morgan fingerprint density at radius 1 is 0.881 bits per heavy atom. The molecule has 0 aromatic carbocycles. The van der Waals surface area contributed by atoms with Gasteiger partial charge in [0.1, 0.15) is 18.8 Å². The molecule has 1 N–H and O–H groups in total. The van der Waals surface area contributed by atoms with Crippen molar-refractivity contribution in [1.82, 2.24) is 0 Å². The van der Waals surface area contributed by atoms with Gasteiger partial charge in [-0.05, 0) is 29.4 Å². The van der Waals surface area contributed by atoms with E-state index in [2.05, 4.69) is 0 Å². The molecule has 2 aliphatic rings. The molecule has 5 atom stereocenters. The minimum Gasteiger partial charge on any atom is -0.461 e. The summed E-state index contributed by atoms with van der Waals surface area (Å²) in [5, 5.41) is 11.8. The fraction of sp³-hybridized carbons (Fsp3) is 0.742. The van der Waals surface area contributed by atoms with Crippen LogP contribution in [0.4, 0.5) is 0 Å². The topological polar surface area (TPSA) is 144 Å². The SMILES string of the molecule is CO[C@@H]1O[C@@H](OC(=O)CC(C)C)[C@H]2C(=C1COC(=O)CC(C)C)C=C[C@]2(O)COC(=O)[C@@H](OC(=O)CC(C)C)C(C)C. The highest BCUT2D eigenvalue weighted by Gasteiger charge is 2.53. The summed E-state index contributed by atoms with van der Waals surface area (Å²) >= 11 is 0. The zero-order valence-electron chi connectivity index (χ0n) is 26.3. The number of hydrogen-bond donors (Lipinski definition) is 1. The number of rotatable bonds is 15. The summed E-state index contributed by atoms with van der Waals surface area (Å²) in [5.74, 6) is -3.53. The van der Waals surface area contributed by atoms with E-state index in [0.29, 0.717) is 11.1 Å². The number of carbonyl (C=O) groups is 4. The number of esters is 4. The predicted octanol–water partition coefficient (Wildman–Crippen LogP) is 3.86. The molecule has 0 bridgehead atoms. The Bertz CT molecular complexity index is 1030. The van der Waals surface area contributed by atoms with Crippen LogP contribution in [0.5, 0.6) is 0 Å². The summed E-state index contributed by atoms with van der Waals surface area (Å²) in [6.07, 6.45) is 0.00783. The van der Waals surface area contributed by atoms with Gasteiger partial charge in [0.15, 0.2) is 6.29 Å². The Hall–Kier alpha value is -2.76. The molecule has 0 radical (unpaired) electrons. The third-order valence-corrected chi connectivity index (χ3v) is 6.73. The van der Waals surface area contributed by atoms with E-state index < -0.39 is 60.7 Å². The maximum atomic E-state index is 13.0. The van der Waals surface area contributed by atoms with Crippen molar-refractivity contribution >= 4 is 23.9 Å². The maximum absolute atomic E-state index is 13.0. The smallest absolute Gasteiger partial charge is 0.347 e. The molecule has 1 heterocycles. The van der Waals surface area contributed by atoms with Crippen molar-refractivity contribution < 1.29 is 52.7 Å². The first kappa shape index (κ1) is 35.4. The second-order valence-electron chi connectivity index (χ2n) is 12.6. The van der Waals surface area contributed by atoms with Crippen LogP contribution >= 0.6 is 0 Å². The summed E-state index contributed by atoms with van der Waals surface area (Å²) in [7, 11) is 1.40. The largest absolute Gasteiger partial charge is 0.461 e. The quantitative estimate of drug-likeness (QED) is 0.217. The fourth-order valence-corrected chi connectivity index (χ4v) is 4.71. The van der Waals surface area contributed by atoms with Crippen LogP contribution in [0.15, 0.2) is 23.3 Å². The van der Waals surface area contributed by atoms with Crippen LogP contribution in [-0.4, -0.2) is 73.6 Å². The van der Waals surface area contributed by atoms with E-state index in [1.165, 1.54) is 13.2 Å². The number of allylic oxidation sites excluding steroid dienone is 1. The Morgan fingerprint density at radius 3 is 2.00 bits per heavy atom. The number of aliphatic hydroxyl groups is 1. The van der Waals surface area contributed by atoms with Gasteiger partial charge >= 0.3 is 23.9 Å². The third kappa shape index (κ3) is 9.91. The van der Waals surface area contributed by atoms with Gasteiger partial charge in [-0.2, -0.15) is 0 Å². The lowest BCUT2D eigenvalue weighted by Crippen LogP contribution is -2.52. The molecular formula is C31H48O11. The van der Waals surface area contributed by atoms with Crippen LogP contribution < -0.4 is 0 Å². The molecule has 0 amide bonds. The van der Waals surface area contributed by atoms with Gasteiger partial charge in [-0.1, -0.05) is 61.5 Å². The first-order valence-electron chi connectivity index (χ1n) is 14.6. The average Bonchev–Trinajstić information content (AvgIpc) is 3.21. The zero-order valence-corrected chi connectivity index (χ0v) is 26.3. The second kappa shape index (κ2) is 15.6. The highest BCUT2D eigenvalue weighted by Crippen LogP contribution is 2.45. The maximum Gasteiger partial charge on any atom is 0.347 e. The van der Waals surface area contributed by atoms with Gasteiger partial charge < -0.3 is 33.5 Å². The van der Waals surface area contributed by atoms with Gasteiger partial charge in [-0.25, -0.2) is 4.79 Å². The first-order chi connectivity index (χ1) is 19.6. The molecule has 0 unspecified atom stereocenters. The van der Waals surface area contributed by atoms with Crippen molar-refractivity contribution in [3.63, 3.8) is 0 Å². The van der Waals surface area contributed by atoms with Crippen molar-refractivity contribution in [2.75, 3.05) is 20.3 Å². The van der Waals surface area contributed by atoms with Gasteiger partial charge in [0.2, 0.25) is 12.4 Å². The van der Waals surface area contributed by atoms with E-state index in [4.69, 9.17) is 28.4 Å². The van der Waals surface area contributed by atoms with Crippen LogP contribution in [0, 0.1) is 29.6 Å². The van der Waals surface area contributed by atoms with E-state index >= 15 is 0 Å². The Balaban J connectivity index is 2.34. The number of carbonyl (C=O) groups excluding carboxylic acids is 4. The van der Waals surface area contributed by atoms with E-state index in [-0.39, 0.29) is 49.5 Å². The number of fused-ring (bicyclic) bond motifs is 1. The molecule has 1 aliphatic heterocycles. The van der Waals surface area contributed by atoms with E-state index in [9.17, 15) is 24.3 Å². The molecule has 1 aliphatic carbocycles. The zero-order chi connectivity index (χ0) is 31.8. The van der Waals surface area contributed by atoms with Crippen molar-refractivity contribution in [3.05, 3.63) is 23.3 Å². The minimum atomic E-state index is -1.86. The first-order valence-corrected chi connectivity index (χ1v) is 14.6. The average molecular weight is 597 g/mol. The van der Waals surface area contributed by atoms with Gasteiger partial charge in [0.05, 0.1) is 5.92 Å². The number of methoxy groups -OCH3 is 1. The lowest BCUT2D eigenvalue weighted by molar-refractivity contribution is -0.260. The highest BCUT2D eigenvalue weighted by molar-refractivity contribution is 5.79. The Kier molecular flexibility index (Phi) is 13.2. The monoisotopic (exact) mass is 596 g/mol. The number of hydrogen-bond acceptors (Lipinski definition) is 11. The molecular weight excluding hydrogens is 548 g/mol. The van der Waals surface area contributed by atoms with E-state index in [1.807, 2.05) is 41.5 Å². The molecule has 0 saturated heterocycles. The molecule has 0 fully saturated rings. The Labute approximate surface area is 248 Å². The van der Waals surface area contributed by atoms with Crippen LogP contribution in [0.2, 0.25) is 0 Å². The summed E-state index contributed by atoms with van der Waals surface area (Å²) in [5.41, 5.74) is -0.949. The fourth-order valence-electron chi connectivity index (χ4n) is 4.71. The van der Waals surface area contributed by atoms with Crippen molar-refractivity contribution in [2.45, 2.75) is 98.9 Å². The van der Waals surface area contributed by atoms with Crippen LogP contribution in [0.3, 0.4) is 0 Å². The predicted molar refractivity (Wildman–Crippen MR) is 151 cm³/mol. The molecule has 0 aromatic rings. The molecule has 11 heteroatoms. The summed E-state index contributed by atoms with van der Waals surface area (Å²) < 4.78 is 33.5. The lowest BCUT2D eigenvalue weighted by Gasteiger charge is -2.41. The molecule has 2 rings (SSSR count). The molecule has 0 saturated carbocycles. The summed E-state index contributed by atoms with van der Waals surface area (Å²) in [6.45, 7) is 14.0. The highest BCUT2D eigenvalue weighted by atomic mass is 16.8. The molecule has 0 aromatic heterocycles. The van der Waals surface area contributed by atoms with Crippen LogP contribution in [-0.2, 0) is 47.6 Å². The second-order valence-corrected chi connectivity index (χ2v) is 12.6. The van der Waals surface area contributed by atoms with Crippen molar-refractivity contribution in [3.8, 4) is 0 Å². The number of ether oxygens (including phenoxy) is 6. The van der Waals surface area contributed by atoms with Crippen LogP contribution in [0.25, 0.3) is 0 Å². The minimum absolute atomic E-state index is 0.0122. The lowest BCUT2D eigenvalue weighted by atomic mass is 9.83. The third-order valence-electron chi connectivity index (χ3n) is 6.73. The summed E-state index contributed by atoms with van der Waals surface area (Å²) in [6, 6.07) is 0. The molecule has 42 heavy (non-hydrogen) atoms.